The Labute approximate surface area is 157 Å². The zero-order valence-corrected chi connectivity index (χ0v) is 16.4. The van der Waals surface area contributed by atoms with E-state index in [0.29, 0.717) is 18.0 Å². The van der Waals surface area contributed by atoms with Crippen molar-refractivity contribution in [1.29, 1.82) is 0 Å². The standard InChI is InChI=1S/C20H24BrNO3/c1-20(2,12-15-7-9-16(21)10-8-15)14-22-19(23)13-25-18-6-4-5-17(11-18)24-3/h4-11H,12-14H2,1-3H3,(H,22,23). The van der Waals surface area contributed by atoms with Crippen molar-refractivity contribution in [3.05, 3.63) is 58.6 Å². The number of amides is 1. The summed E-state index contributed by atoms with van der Waals surface area (Å²) in [6.07, 6.45) is 0.886. The molecule has 0 radical (unpaired) electrons. The van der Waals surface area contributed by atoms with Gasteiger partial charge in [-0.3, -0.25) is 4.79 Å². The number of nitrogens with one attached hydrogen (secondary N) is 1. The van der Waals surface area contributed by atoms with Gasteiger partial charge in [-0.2, -0.15) is 0 Å². The highest BCUT2D eigenvalue weighted by Crippen LogP contribution is 2.22. The minimum absolute atomic E-state index is 0.0124. The molecule has 0 fully saturated rings. The fraction of sp³-hybridized carbons (Fsp3) is 0.350. The zero-order chi connectivity index (χ0) is 18.3. The van der Waals surface area contributed by atoms with Gasteiger partial charge in [0.15, 0.2) is 6.61 Å². The van der Waals surface area contributed by atoms with Crippen molar-refractivity contribution < 1.29 is 14.3 Å². The molecule has 0 saturated carbocycles. The third-order valence-electron chi connectivity index (χ3n) is 3.77. The Morgan fingerprint density at radius 2 is 1.80 bits per heavy atom. The van der Waals surface area contributed by atoms with Crippen LogP contribution in [0.25, 0.3) is 0 Å². The van der Waals surface area contributed by atoms with Crippen molar-refractivity contribution in [2.24, 2.45) is 5.41 Å². The lowest BCUT2D eigenvalue weighted by Crippen LogP contribution is -2.37. The van der Waals surface area contributed by atoms with Gasteiger partial charge in [0.05, 0.1) is 7.11 Å². The van der Waals surface area contributed by atoms with Crippen LogP contribution in [0, 0.1) is 5.41 Å². The fourth-order valence-corrected chi connectivity index (χ4v) is 2.71. The number of carbonyl (C=O) groups is 1. The van der Waals surface area contributed by atoms with E-state index in [-0.39, 0.29) is 17.9 Å². The van der Waals surface area contributed by atoms with E-state index < -0.39 is 0 Å². The molecule has 5 heteroatoms. The molecule has 0 atom stereocenters. The third-order valence-corrected chi connectivity index (χ3v) is 4.30. The first-order chi connectivity index (χ1) is 11.9. The van der Waals surface area contributed by atoms with Crippen LogP contribution >= 0.6 is 15.9 Å². The Morgan fingerprint density at radius 3 is 2.48 bits per heavy atom. The average molecular weight is 406 g/mol. The molecule has 0 bridgehead atoms. The quantitative estimate of drug-likeness (QED) is 0.714. The molecular weight excluding hydrogens is 382 g/mol. The summed E-state index contributed by atoms with van der Waals surface area (Å²) in [7, 11) is 1.60. The van der Waals surface area contributed by atoms with Gasteiger partial charge in [-0.05, 0) is 41.7 Å². The van der Waals surface area contributed by atoms with Gasteiger partial charge in [0, 0.05) is 17.1 Å². The summed E-state index contributed by atoms with van der Waals surface area (Å²) >= 11 is 3.44. The largest absolute Gasteiger partial charge is 0.497 e. The maximum Gasteiger partial charge on any atom is 0.257 e. The van der Waals surface area contributed by atoms with Gasteiger partial charge in [0.25, 0.3) is 5.91 Å². The summed E-state index contributed by atoms with van der Waals surface area (Å²) in [4.78, 5) is 12.0. The molecule has 0 saturated heterocycles. The molecule has 25 heavy (non-hydrogen) atoms. The lowest BCUT2D eigenvalue weighted by atomic mass is 9.85. The van der Waals surface area contributed by atoms with Crippen LogP contribution in [0.4, 0.5) is 0 Å². The second-order valence-corrected chi connectivity index (χ2v) is 7.63. The van der Waals surface area contributed by atoms with Gasteiger partial charge in [-0.1, -0.05) is 48.0 Å². The van der Waals surface area contributed by atoms with Crippen LogP contribution in [-0.2, 0) is 11.2 Å². The van der Waals surface area contributed by atoms with E-state index in [1.54, 1.807) is 19.2 Å². The first kappa shape index (κ1) is 19.3. The molecule has 1 N–H and O–H groups in total. The molecule has 0 aromatic heterocycles. The summed E-state index contributed by atoms with van der Waals surface area (Å²) in [5.74, 6) is 1.18. The highest BCUT2D eigenvalue weighted by molar-refractivity contribution is 9.10. The number of ether oxygens (including phenoxy) is 2. The van der Waals surface area contributed by atoms with Crippen molar-refractivity contribution in [3.8, 4) is 11.5 Å². The Morgan fingerprint density at radius 1 is 1.12 bits per heavy atom. The highest BCUT2D eigenvalue weighted by Gasteiger charge is 2.19. The topological polar surface area (TPSA) is 47.6 Å². The first-order valence-electron chi connectivity index (χ1n) is 8.16. The number of hydrogen-bond acceptors (Lipinski definition) is 3. The normalized spacial score (nSPS) is 11.0. The Bertz CT molecular complexity index is 698. The van der Waals surface area contributed by atoms with Crippen molar-refractivity contribution in [2.45, 2.75) is 20.3 Å². The number of carbonyl (C=O) groups excluding carboxylic acids is 1. The van der Waals surface area contributed by atoms with Crippen LogP contribution in [-0.4, -0.2) is 26.2 Å². The number of halogens is 1. The van der Waals surface area contributed by atoms with Gasteiger partial charge in [-0.25, -0.2) is 0 Å². The average Bonchev–Trinajstić information content (AvgIpc) is 2.60. The maximum absolute atomic E-state index is 12.0. The van der Waals surface area contributed by atoms with E-state index >= 15 is 0 Å². The summed E-state index contributed by atoms with van der Waals surface area (Å²) in [5, 5.41) is 2.95. The van der Waals surface area contributed by atoms with Crippen molar-refractivity contribution in [2.75, 3.05) is 20.3 Å². The van der Waals surface area contributed by atoms with Crippen LogP contribution in [0.15, 0.2) is 53.0 Å². The van der Waals surface area contributed by atoms with E-state index in [1.165, 1.54) is 5.56 Å². The minimum Gasteiger partial charge on any atom is -0.497 e. The van der Waals surface area contributed by atoms with Crippen LogP contribution in [0.1, 0.15) is 19.4 Å². The van der Waals surface area contributed by atoms with Crippen LogP contribution in [0.3, 0.4) is 0 Å². The fourth-order valence-electron chi connectivity index (χ4n) is 2.45. The predicted molar refractivity (Wildman–Crippen MR) is 103 cm³/mol. The van der Waals surface area contributed by atoms with Gasteiger partial charge < -0.3 is 14.8 Å². The van der Waals surface area contributed by atoms with Crippen LogP contribution in [0.5, 0.6) is 11.5 Å². The van der Waals surface area contributed by atoms with Gasteiger partial charge in [0.2, 0.25) is 0 Å². The second kappa shape index (κ2) is 8.90. The van der Waals surface area contributed by atoms with E-state index in [4.69, 9.17) is 9.47 Å². The SMILES string of the molecule is COc1cccc(OCC(=O)NCC(C)(C)Cc2ccc(Br)cc2)c1. The third kappa shape index (κ3) is 6.78. The Hall–Kier alpha value is -2.01. The molecule has 4 nitrogen and oxygen atoms in total. The highest BCUT2D eigenvalue weighted by atomic mass is 79.9. The maximum atomic E-state index is 12.0. The van der Waals surface area contributed by atoms with Crippen molar-refractivity contribution in [1.82, 2.24) is 5.32 Å². The smallest absolute Gasteiger partial charge is 0.257 e. The van der Waals surface area contributed by atoms with E-state index in [0.717, 1.165) is 10.9 Å². The van der Waals surface area contributed by atoms with Crippen LogP contribution in [0.2, 0.25) is 0 Å². The summed E-state index contributed by atoms with van der Waals surface area (Å²) in [6, 6.07) is 15.5. The van der Waals surface area contributed by atoms with Gasteiger partial charge >= 0.3 is 0 Å². The minimum atomic E-state index is -0.133. The molecule has 0 spiro atoms. The van der Waals surface area contributed by atoms with Crippen LogP contribution < -0.4 is 14.8 Å². The van der Waals surface area contributed by atoms with E-state index in [1.807, 2.05) is 24.3 Å². The molecular formula is C20H24BrNO3. The molecule has 0 aliphatic rings. The summed E-state index contributed by atoms with van der Waals surface area (Å²) in [6.45, 7) is 4.85. The molecule has 1 amide bonds. The molecule has 0 aliphatic carbocycles. The molecule has 2 rings (SSSR count). The Balaban J connectivity index is 1.78. The van der Waals surface area contributed by atoms with Crippen molar-refractivity contribution in [3.63, 3.8) is 0 Å². The number of hydrogen-bond donors (Lipinski definition) is 1. The van der Waals surface area contributed by atoms with Gasteiger partial charge in [-0.15, -0.1) is 0 Å². The molecule has 0 unspecified atom stereocenters. The summed E-state index contributed by atoms with van der Waals surface area (Å²) in [5.41, 5.74) is 1.20. The lowest BCUT2D eigenvalue weighted by molar-refractivity contribution is -0.123. The Kier molecular flexibility index (Phi) is 6.88. The number of rotatable bonds is 8. The molecule has 0 aliphatic heterocycles. The number of benzene rings is 2. The second-order valence-electron chi connectivity index (χ2n) is 6.71. The molecule has 134 valence electrons. The molecule has 2 aromatic rings. The van der Waals surface area contributed by atoms with Gasteiger partial charge in [0.1, 0.15) is 11.5 Å². The van der Waals surface area contributed by atoms with Crippen molar-refractivity contribution >= 4 is 21.8 Å². The first-order valence-corrected chi connectivity index (χ1v) is 8.95. The predicted octanol–water partition coefficient (Wildman–Crippen LogP) is 4.22. The van der Waals surface area contributed by atoms with E-state index in [2.05, 4.69) is 47.2 Å². The number of methoxy groups -OCH3 is 1. The van der Waals surface area contributed by atoms with E-state index in [9.17, 15) is 4.79 Å². The molecule has 0 heterocycles. The summed E-state index contributed by atoms with van der Waals surface area (Å²) < 4.78 is 11.7. The molecule has 2 aromatic carbocycles. The lowest BCUT2D eigenvalue weighted by Gasteiger charge is -2.25. The zero-order valence-electron chi connectivity index (χ0n) is 14.8. The monoisotopic (exact) mass is 405 g/mol.